The van der Waals surface area contributed by atoms with E-state index in [9.17, 15) is 22.8 Å². The van der Waals surface area contributed by atoms with Crippen molar-refractivity contribution in [2.45, 2.75) is 19.0 Å². The average molecular weight is 392 g/mol. The second-order valence-electron chi connectivity index (χ2n) is 6.48. The van der Waals surface area contributed by atoms with Gasteiger partial charge in [-0.05, 0) is 18.9 Å². The van der Waals surface area contributed by atoms with E-state index in [1.165, 1.54) is 0 Å². The molecular formula is C16H17ClF3N3O3. The molecule has 0 unspecified atom stereocenters. The van der Waals surface area contributed by atoms with Crippen LogP contribution >= 0.6 is 11.6 Å². The van der Waals surface area contributed by atoms with Crippen LogP contribution in [0, 0.1) is 11.8 Å². The zero-order valence-corrected chi connectivity index (χ0v) is 14.4. The molecular weight excluding hydrogens is 375 g/mol. The molecule has 0 spiro atoms. The molecule has 0 aromatic carbocycles. The highest BCUT2D eigenvalue weighted by Crippen LogP contribution is 2.40. The van der Waals surface area contributed by atoms with Crippen molar-refractivity contribution in [1.82, 2.24) is 9.88 Å². The molecule has 0 bridgehead atoms. The number of carboxylic acids is 1. The minimum Gasteiger partial charge on any atom is -0.481 e. The van der Waals surface area contributed by atoms with Crippen molar-refractivity contribution < 1.29 is 27.9 Å². The van der Waals surface area contributed by atoms with Gasteiger partial charge in [0.2, 0.25) is 5.91 Å². The number of aliphatic carboxylic acids is 1. The summed E-state index contributed by atoms with van der Waals surface area (Å²) in [6.07, 6.45) is -2.81. The normalized spacial score (nSPS) is 23.5. The largest absolute Gasteiger partial charge is 0.481 e. The Balaban J connectivity index is 1.66. The molecule has 10 heteroatoms. The lowest BCUT2D eigenvalue weighted by atomic mass is 10.2. The SMILES string of the molecule is O=C(O)[C@@H]1C[C@H]1C(=O)N1CCCN(c2ncc(C(F)(F)F)cc2Cl)CC1. The predicted molar refractivity (Wildman–Crippen MR) is 86.9 cm³/mol. The highest BCUT2D eigenvalue weighted by molar-refractivity contribution is 6.33. The summed E-state index contributed by atoms with van der Waals surface area (Å²) in [6.45, 7) is 1.68. The number of rotatable bonds is 3. The van der Waals surface area contributed by atoms with E-state index < -0.39 is 29.5 Å². The minimum atomic E-state index is -4.51. The van der Waals surface area contributed by atoms with E-state index in [2.05, 4.69) is 4.98 Å². The number of carbonyl (C=O) groups excluding carboxylic acids is 1. The van der Waals surface area contributed by atoms with Crippen molar-refractivity contribution in [3.05, 3.63) is 22.8 Å². The number of aromatic nitrogens is 1. The predicted octanol–water partition coefficient (Wildman–Crippen LogP) is 2.51. The van der Waals surface area contributed by atoms with Crippen LogP contribution in [0.2, 0.25) is 5.02 Å². The van der Waals surface area contributed by atoms with Crippen molar-refractivity contribution >= 4 is 29.3 Å². The molecule has 2 fully saturated rings. The van der Waals surface area contributed by atoms with Crippen molar-refractivity contribution in [3.8, 4) is 0 Å². The molecule has 2 atom stereocenters. The van der Waals surface area contributed by atoms with Crippen LogP contribution in [-0.2, 0) is 15.8 Å². The molecule has 1 aliphatic heterocycles. The molecule has 6 nitrogen and oxygen atoms in total. The van der Waals surface area contributed by atoms with Crippen molar-refractivity contribution in [1.29, 1.82) is 0 Å². The second kappa shape index (κ2) is 6.94. The molecule has 3 rings (SSSR count). The lowest BCUT2D eigenvalue weighted by Gasteiger charge is -2.24. The van der Waals surface area contributed by atoms with Crippen molar-refractivity contribution in [2.75, 3.05) is 31.1 Å². The van der Waals surface area contributed by atoms with E-state index in [0.717, 1.165) is 12.3 Å². The first-order chi connectivity index (χ1) is 12.2. The number of pyridine rings is 1. The van der Waals surface area contributed by atoms with Crippen LogP contribution in [0.15, 0.2) is 12.3 Å². The maximum atomic E-state index is 12.7. The van der Waals surface area contributed by atoms with Crippen LogP contribution in [0.25, 0.3) is 0 Å². The Morgan fingerprint density at radius 3 is 2.50 bits per heavy atom. The topological polar surface area (TPSA) is 73.7 Å². The smallest absolute Gasteiger partial charge is 0.417 e. The van der Waals surface area contributed by atoms with Crippen LogP contribution in [0.5, 0.6) is 0 Å². The molecule has 1 saturated heterocycles. The van der Waals surface area contributed by atoms with Gasteiger partial charge in [-0.2, -0.15) is 13.2 Å². The van der Waals surface area contributed by atoms with E-state index in [1.54, 1.807) is 9.80 Å². The Morgan fingerprint density at radius 2 is 1.92 bits per heavy atom. The van der Waals surface area contributed by atoms with Gasteiger partial charge in [-0.1, -0.05) is 11.6 Å². The summed E-state index contributed by atoms with van der Waals surface area (Å²) in [5, 5.41) is 8.86. The van der Waals surface area contributed by atoms with Gasteiger partial charge in [0.1, 0.15) is 5.82 Å². The maximum absolute atomic E-state index is 12.7. The van der Waals surface area contributed by atoms with Crippen LogP contribution < -0.4 is 4.90 Å². The number of amides is 1. The number of anilines is 1. The van der Waals surface area contributed by atoms with Gasteiger partial charge in [-0.15, -0.1) is 0 Å². The third-order valence-corrected chi connectivity index (χ3v) is 4.96. The van der Waals surface area contributed by atoms with Gasteiger partial charge < -0.3 is 14.9 Å². The lowest BCUT2D eigenvalue weighted by molar-refractivity contribution is -0.141. The molecule has 1 saturated carbocycles. The molecule has 2 aliphatic rings. The Morgan fingerprint density at radius 1 is 1.19 bits per heavy atom. The van der Waals surface area contributed by atoms with E-state index >= 15 is 0 Å². The van der Waals surface area contributed by atoms with Crippen LogP contribution in [0.4, 0.5) is 19.0 Å². The van der Waals surface area contributed by atoms with Gasteiger partial charge in [0, 0.05) is 32.4 Å². The van der Waals surface area contributed by atoms with Crippen molar-refractivity contribution in [3.63, 3.8) is 0 Å². The molecule has 1 aromatic rings. The number of carbonyl (C=O) groups is 2. The molecule has 0 radical (unpaired) electrons. The zero-order chi connectivity index (χ0) is 19.1. The van der Waals surface area contributed by atoms with E-state index in [4.69, 9.17) is 16.7 Å². The number of nitrogens with zero attached hydrogens (tertiary/aromatic N) is 3. The molecule has 142 valence electrons. The summed E-state index contributed by atoms with van der Waals surface area (Å²) in [6, 6.07) is 0.847. The first-order valence-electron chi connectivity index (χ1n) is 8.17. The number of hydrogen-bond donors (Lipinski definition) is 1. The van der Waals surface area contributed by atoms with Crippen molar-refractivity contribution in [2.24, 2.45) is 11.8 Å². The summed E-state index contributed by atoms with van der Waals surface area (Å²) in [5.41, 5.74) is -0.911. The van der Waals surface area contributed by atoms with Gasteiger partial charge in [-0.25, -0.2) is 4.98 Å². The van der Waals surface area contributed by atoms with E-state index in [-0.39, 0.29) is 16.7 Å². The highest BCUT2D eigenvalue weighted by Gasteiger charge is 2.49. The summed E-state index contributed by atoms with van der Waals surface area (Å²) in [5.74, 6) is -1.95. The molecule has 2 heterocycles. The zero-order valence-electron chi connectivity index (χ0n) is 13.7. The van der Waals surface area contributed by atoms with Gasteiger partial charge >= 0.3 is 12.1 Å². The molecule has 1 aliphatic carbocycles. The standard InChI is InChI=1S/C16H17ClF3N3O3/c17-12-6-9(16(18,19)20)8-21-13(12)22-2-1-3-23(5-4-22)14(24)10-7-11(10)15(25)26/h6,8,10-11H,1-5,7H2,(H,25,26)/t10-,11-/m1/s1. The molecule has 1 N–H and O–H groups in total. The third kappa shape index (κ3) is 3.87. The van der Waals surface area contributed by atoms with Gasteiger partial charge in [0.05, 0.1) is 22.4 Å². The Bertz CT molecular complexity index is 728. The minimum absolute atomic E-state index is 0.0901. The van der Waals surface area contributed by atoms with Gasteiger partial charge in [0.15, 0.2) is 0 Å². The lowest BCUT2D eigenvalue weighted by Crippen LogP contribution is -2.37. The highest BCUT2D eigenvalue weighted by atomic mass is 35.5. The first-order valence-corrected chi connectivity index (χ1v) is 8.55. The molecule has 1 aromatic heterocycles. The molecule has 1 amide bonds. The fourth-order valence-electron chi connectivity index (χ4n) is 3.14. The molecule has 26 heavy (non-hydrogen) atoms. The fourth-order valence-corrected chi connectivity index (χ4v) is 3.43. The summed E-state index contributed by atoms with van der Waals surface area (Å²) in [7, 11) is 0. The number of alkyl halides is 3. The second-order valence-corrected chi connectivity index (χ2v) is 6.89. The quantitative estimate of drug-likeness (QED) is 0.857. The van der Waals surface area contributed by atoms with Crippen LogP contribution in [-0.4, -0.2) is 53.0 Å². The third-order valence-electron chi connectivity index (χ3n) is 4.68. The Labute approximate surface area is 152 Å². The summed E-state index contributed by atoms with van der Waals surface area (Å²) in [4.78, 5) is 30.5. The number of hydrogen-bond acceptors (Lipinski definition) is 4. The van der Waals surface area contributed by atoms with Gasteiger partial charge in [-0.3, -0.25) is 9.59 Å². The van der Waals surface area contributed by atoms with E-state index in [1.807, 2.05) is 0 Å². The van der Waals surface area contributed by atoms with Crippen LogP contribution in [0.3, 0.4) is 0 Å². The Hall–Kier alpha value is -2.03. The average Bonchev–Trinajstić information content (AvgIpc) is 3.37. The van der Waals surface area contributed by atoms with E-state index in [0.29, 0.717) is 39.0 Å². The number of halogens is 4. The Kier molecular flexibility index (Phi) is 5.01. The maximum Gasteiger partial charge on any atom is 0.417 e. The first kappa shape index (κ1) is 18.8. The summed E-state index contributed by atoms with van der Waals surface area (Å²) < 4.78 is 38.2. The fraction of sp³-hybridized carbons (Fsp3) is 0.562. The van der Waals surface area contributed by atoms with Gasteiger partial charge in [0.25, 0.3) is 0 Å². The summed E-state index contributed by atoms with van der Waals surface area (Å²) >= 11 is 5.99. The van der Waals surface area contributed by atoms with Crippen LogP contribution in [0.1, 0.15) is 18.4 Å². The number of carboxylic acid groups (broad SMARTS) is 1. The monoisotopic (exact) mass is 391 g/mol.